The molecule has 1 aliphatic carbocycles. The van der Waals surface area contributed by atoms with E-state index in [0.717, 1.165) is 6.42 Å². The minimum atomic E-state index is 0.431. The first-order valence-corrected chi connectivity index (χ1v) is 11.6. The molecule has 1 nitrogen and oxygen atoms in total. The molecule has 0 atom stereocenters. The zero-order chi connectivity index (χ0) is 19.8. The second-order valence-corrected chi connectivity index (χ2v) is 10.3. The van der Waals surface area contributed by atoms with Crippen LogP contribution in [0.5, 0.6) is 5.75 Å². The van der Waals surface area contributed by atoms with E-state index in [9.17, 15) is 5.11 Å². The van der Waals surface area contributed by atoms with Gasteiger partial charge >= 0.3 is 0 Å². The van der Waals surface area contributed by atoms with Gasteiger partial charge in [-0.3, -0.25) is 0 Å². The number of hydrogen-bond donors (Lipinski definition) is 1. The Morgan fingerprint density at radius 3 is 2.19 bits per heavy atom. The molecule has 0 amide bonds. The van der Waals surface area contributed by atoms with Gasteiger partial charge in [0.25, 0.3) is 0 Å². The van der Waals surface area contributed by atoms with Crippen LogP contribution >= 0.6 is 0 Å². The highest BCUT2D eigenvalue weighted by molar-refractivity contribution is 5.35. The molecular weight excluding hydrogens is 328 g/mol. The van der Waals surface area contributed by atoms with Crippen LogP contribution in [0.4, 0.5) is 0 Å². The summed E-state index contributed by atoms with van der Waals surface area (Å²) in [5.74, 6) is 0.431. The molecule has 0 aliphatic heterocycles. The van der Waals surface area contributed by atoms with Gasteiger partial charge in [-0.1, -0.05) is 72.3 Å². The Labute approximate surface area is 169 Å². The summed E-state index contributed by atoms with van der Waals surface area (Å²) in [5.41, 5.74) is 4.07. The van der Waals surface area contributed by atoms with Gasteiger partial charge in [-0.25, -0.2) is 0 Å². The van der Waals surface area contributed by atoms with Crippen molar-refractivity contribution in [3.8, 4) is 5.75 Å². The molecule has 2 rings (SSSR count). The van der Waals surface area contributed by atoms with E-state index < -0.39 is 0 Å². The third kappa shape index (κ3) is 8.71. The van der Waals surface area contributed by atoms with Gasteiger partial charge < -0.3 is 5.11 Å². The van der Waals surface area contributed by atoms with Crippen molar-refractivity contribution in [2.45, 2.75) is 118 Å². The largest absolute Gasteiger partial charge is 0.508 e. The van der Waals surface area contributed by atoms with Crippen molar-refractivity contribution >= 4 is 0 Å². The molecule has 1 aromatic rings. The van der Waals surface area contributed by atoms with Crippen LogP contribution in [0.25, 0.3) is 0 Å². The van der Waals surface area contributed by atoms with Gasteiger partial charge in [0.2, 0.25) is 0 Å². The van der Waals surface area contributed by atoms with Crippen molar-refractivity contribution < 1.29 is 5.11 Å². The first-order valence-electron chi connectivity index (χ1n) is 11.6. The van der Waals surface area contributed by atoms with Gasteiger partial charge in [0.1, 0.15) is 5.75 Å². The Kier molecular flexibility index (Phi) is 8.70. The maximum absolute atomic E-state index is 9.90. The van der Waals surface area contributed by atoms with Crippen LogP contribution in [-0.4, -0.2) is 5.11 Å². The van der Waals surface area contributed by atoms with Gasteiger partial charge in [0, 0.05) is 0 Å². The molecule has 0 spiro atoms. The van der Waals surface area contributed by atoms with Crippen LogP contribution in [0.15, 0.2) is 18.2 Å². The van der Waals surface area contributed by atoms with E-state index in [1.165, 1.54) is 94.6 Å². The lowest BCUT2D eigenvalue weighted by atomic mass is 9.84. The molecule has 1 saturated carbocycles. The van der Waals surface area contributed by atoms with Crippen LogP contribution in [0.3, 0.4) is 0 Å². The standard InChI is InChI=1S/C26H44O/c1-5-25(2,3)17-11-7-6-9-14-23-21-24(27)16-15-22(23)13-10-8-12-18-26(4)19-20-26/h15-16,21,27H,5-14,17-20H2,1-4H3. The minimum Gasteiger partial charge on any atom is -0.508 e. The molecule has 27 heavy (non-hydrogen) atoms. The Bertz CT molecular complexity index is 553. The van der Waals surface area contributed by atoms with Crippen molar-refractivity contribution in [2.75, 3.05) is 0 Å². The first-order chi connectivity index (χ1) is 12.8. The number of unbranched alkanes of at least 4 members (excludes halogenated alkanes) is 5. The topological polar surface area (TPSA) is 20.2 Å². The Hall–Kier alpha value is -0.980. The highest BCUT2D eigenvalue weighted by atomic mass is 16.3. The predicted octanol–water partition coefficient (Wildman–Crippen LogP) is 8.22. The Balaban J connectivity index is 1.66. The average Bonchev–Trinajstić information content (AvgIpc) is 3.36. The molecule has 0 aromatic heterocycles. The van der Waals surface area contributed by atoms with Gasteiger partial charge in [0.05, 0.1) is 0 Å². The van der Waals surface area contributed by atoms with Crippen molar-refractivity contribution in [2.24, 2.45) is 10.8 Å². The van der Waals surface area contributed by atoms with E-state index in [1.807, 2.05) is 12.1 Å². The summed E-state index contributed by atoms with van der Waals surface area (Å²) < 4.78 is 0. The third-order valence-electron chi connectivity index (χ3n) is 7.03. The smallest absolute Gasteiger partial charge is 0.115 e. The molecule has 1 aliphatic rings. The highest BCUT2D eigenvalue weighted by Crippen LogP contribution is 2.49. The molecule has 0 saturated heterocycles. The minimum absolute atomic E-state index is 0.431. The summed E-state index contributed by atoms with van der Waals surface area (Å²) in [4.78, 5) is 0. The van der Waals surface area contributed by atoms with Crippen LogP contribution in [0.2, 0.25) is 0 Å². The SMILES string of the molecule is CCC(C)(C)CCCCCCc1cc(O)ccc1CCCCCC1(C)CC1. The number of aryl methyl sites for hydroxylation is 2. The van der Waals surface area contributed by atoms with Gasteiger partial charge in [-0.15, -0.1) is 0 Å². The van der Waals surface area contributed by atoms with Gasteiger partial charge in [0.15, 0.2) is 0 Å². The fraction of sp³-hybridized carbons (Fsp3) is 0.769. The van der Waals surface area contributed by atoms with E-state index in [0.29, 0.717) is 16.6 Å². The summed E-state index contributed by atoms with van der Waals surface area (Å²) in [6.07, 6.45) is 18.5. The fourth-order valence-electron chi connectivity index (χ4n) is 4.05. The molecule has 1 N–H and O–H groups in total. The number of hydrogen-bond acceptors (Lipinski definition) is 1. The lowest BCUT2D eigenvalue weighted by Crippen LogP contribution is -2.08. The van der Waals surface area contributed by atoms with Crippen LogP contribution in [0, 0.1) is 10.8 Å². The molecule has 154 valence electrons. The summed E-state index contributed by atoms with van der Waals surface area (Å²) >= 11 is 0. The van der Waals surface area contributed by atoms with E-state index in [1.54, 1.807) is 0 Å². The zero-order valence-corrected chi connectivity index (χ0v) is 18.6. The third-order valence-corrected chi connectivity index (χ3v) is 7.03. The maximum Gasteiger partial charge on any atom is 0.115 e. The Morgan fingerprint density at radius 1 is 0.889 bits per heavy atom. The lowest BCUT2D eigenvalue weighted by molar-refractivity contribution is 0.307. The van der Waals surface area contributed by atoms with Gasteiger partial charge in [-0.2, -0.15) is 0 Å². The lowest BCUT2D eigenvalue weighted by Gasteiger charge is -2.22. The van der Waals surface area contributed by atoms with Gasteiger partial charge in [-0.05, 0) is 85.5 Å². The molecule has 1 aromatic carbocycles. The molecule has 0 unspecified atom stereocenters. The fourth-order valence-corrected chi connectivity index (χ4v) is 4.05. The maximum atomic E-state index is 9.90. The molecule has 1 heteroatoms. The summed E-state index contributed by atoms with van der Waals surface area (Å²) in [5, 5.41) is 9.90. The highest BCUT2D eigenvalue weighted by Gasteiger charge is 2.35. The molecule has 0 radical (unpaired) electrons. The van der Waals surface area contributed by atoms with E-state index in [4.69, 9.17) is 0 Å². The van der Waals surface area contributed by atoms with E-state index in [2.05, 4.69) is 33.8 Å². The van der Waals surface area contributed by atoms with Crippen molar-refractivity contribution in [3.63, 3.8) is 0 Å². The monoisotopic (exact) mass is 372 g/mol. The van der Waals surface area contributed by atoms with Crippen molar-refractivity contribution in [1.82, 2.24) is 0 Å². The Morgan fingerprint density at radius 2 is 1.52 bits per heavy atom. The number of aromatic hydroxyl groups is 1. The van der Waals surface area contributed by atoms with E-state index >= 15 is 0 Å². The van der Waals surface area contributed by atoms with Crippen LogP contribution < -0.4 is 0 Å². The zero-order valence-electron chi connectivity index (χ0n) is 18.6. The van der Waals surface area contributed by atoms with E-state index in [-0.39, 0.29) is 0 Å². The predicted molar refractivity (Wildman–Crippen MR) is 118 cm³/mol. The van der Waals surface area contributed by atoms with Crippen molar-refractivity contribution in [3.05, 3.63) is 29.3 Å². The normalized spacial score (nSPS) is 15.9. The number of phenols is 1. The molecule has 0 heterocycles. The average molecular weight is 373 g/mol. The summed E-state index contributed by atoms with van der Waals surface area (Å²) in [6.45, 7) is 9.51. The molecular formula is C26H44O. The van der Waals surface area contributed by atoms with Crippen LogP contribution in [0.1, 0.15) is 116 Å². The molecule has 0 bridgehead atoms. The molecule has 1 fully saturated rings. The second-order valence-electron chi connectivity index (χ2n) is 10.3. The summed E-state index contributed by atoms with van der Waals surface area (Å²) in [7, 11) is 0. The number of benzene rings is 1. The summed E-state index contributed by atoms with van der Waals surface area (Å²) in [6, 6.07) is 6.05. The number of phenolic OH excluding ortho intramolecular Hbond substituents is 1. The number of rotatable bonds is 14. The first kappa shape index (κ1) is 22.3. The second kappa shape index (κ2) is 10.5. The van der Waals surface area contributed by atoms with Crippen molar-refractivity contribution in [1.29, 1.82) is 0 Å². The van der Waals surface area contributed by atoms with Crippen LogP contribution in [-0.2, 0) is 12.8 Å². The quantitative estimate of drug-likeness (QED) is 0.326.